The summed E-state index contributed by atoms with van der Waals surface area (Å²) in [7, 11) is 0. The van der Waals surface area contributed by atoms with Crippen LogP contribution in [0.4, 0.5) is 5.69 Å². The lowest BCUT2D eigenvalue weighted by Gasteiger charge is -2.13. The highest BCUT2D eigenvalue weighted by molar-refractivity contribution is 8.03. The van der Waals surface area contributed by atoms with E-state index in [0.717, 1.165) is 38.7 Å². The van der Waals surface area contributed by atoms with Gasteiger partial charge in [-0.15, -0.1) is 0 Å². The fourth-order valence-corrected chi connectivity index (χ4v) is 3.43. The SMILES string of the molecule is Cc1cc(SC#N)cc(C)c1NC(=O)COC(=O)c1c[nH]c2ccccc12. The Bertz CT molecular complexity index is 1040. The molecule has 0 fully saturated rings. The number of H-pyrrole nitrogens is 1. The molecule has 1 amide bonds. The average Bonchev–Trinajstić information content (AvgIpc) is 3.07. The van der Waals surface area contributed by atoms with Gasteiger partial charge in [0, 0.05) is 27.7 Å². The van der Waals surface area contributed by atoms with Crippen LogP contribution >= 0.6 is 11.8 Å². The van der Waals surface area contributed by atoms with Gasteiger partial charge in [0.1, 0.15) is 5.40 Å². The second-order valence-corrected chi connectivity index (χ2v) is 6.86. The number of aryl methyl sites for hydroxylation is 2. The van der Waals surface area contributed by atoms with Crippen LogP contribution in [0.2, 0.25) is 0 Å². The van der Waals surface area contributed by atoms with Crippen LogP contribution in [0.5, 0.6) is 0 Å². The second kappa shape index (κ2) is 7.98. The number of fused-ring (bicyclic) bond motifs is 1. The summed E-state index contributed by atoms with van der Waals surface area (Å²) in [6.07, 6.45) is 1.57. The van der Waals surface area contributed by atoms with Crippen molar-refractivity contribution in [3.63, 3.8) is 0 Å². The van der Waals surface area contributed by atoms with Gasteiger partial charge in [-0.05, 0) is 54.9 Å². The minimum absolute atomic E-state index is 0.383. The van der Waals surface area contributed by atoms with E-state index in [4.69, 9.17) is 10.00 Å². The number of benzene rings is 2. The lowest BCUT2D eigenvalue weighted by Crippen LogP contribution is -2.21. The monoisotopic (exact) mass is 379 g/mol. The Morgan fingerprint density at radius 2 is 1.93 bits per heavy atom. The molecule has 2 aromatic carbocycles. The lowest BCUT2D eigenvalue weighted by atomic mass is 10.1. The average molecular weight is 379 g/mol. The first-order chi connectivity index (χ1) is 13.0. The highest BCUT2D eigenvalue weighted by Gasteiger charge is 2.16. The third kappa shape index (κ3) is 4.13. The Morgan fingerprint density at radius 3 is 2.63 bits per heavy atom. The maximum absolute atomic E-state index is 12.3. The van der Waals surface area contributed by atoms with Gasteiger partial charge in [-0.2, -0.15) is 5.26 Å². The lowest BCUT2D eigenvalue weighted by molar-refractivity contribution is -0.119. The van der Waals surface area contributed by atoms with Gasteiger partial charge in [0.15, 0.2) is 6.61 Å². The van der Waals surface area contributed by atoms with Gasteiger partial charge in [0.2, 0.25) is 0 Å². The molecule has 0 aliphatic rings. The van der Waals surface area contributed by atoms with E-state index in [1.54, 1.807) is 6.20 Å². The highest BCUT2D eigenvalue weighted by atomic mass is 32.2. The minimum atomic E-state index is -0.559. The number of aromatic amines is 1. The quantitative estimate of drug-likeness (QED) is 0.394. The molecular weight excluding hydrogens is 362 g/mol. The molecule has 0 aliphatic carbocycles. The van der Waals surface area contributed by atoms with E-state index < -0.39 is 11.9 Å². The number of hydrogen-bond donors (Lipinski definition) is 2. The van der Waals surface area contributed by atoms with Gasteiger partial charge in [-0.1, -0.05) is 18.2 Å². The fraction of sp³-hybridized carbons (Fsp3) is 0.150. The zero-order valence-corrected chi connectivity index (χ0v) is 15.6. The van der Waals surface area contributed by atoms with Crippen molar-refractivity contribution in [1.29, 1.82) is 5.26 Å². The van der Waals surface area contributed by atoms with Crippen LogP contribution in [0.25, 0.3) is 10.9 Å². The molecule has 0 spiro atoms. The molecule has 6 nitrogen and oxygen atoms in total. The third-order valence-electron chi connectivity index (χ3n) is 4.08. The number of carbonyl (C=O) groups is 2. The third-order valence-corrected chi connectivity index (χ3v) is 4.64. The first kappa shape index (κ1) is 18.5. The summed E-state index contributed by atoms with van der Waals surface area (Å²) < 4.78 is 5.15. The fourth-order valence-electron chi connectivity index (χ4n) is 2.86. The molecule has 3 aromatic rings. The number of carbonyl (C=O) groups excluding carboxylic acids is 2. The minimum Gasteiger partial charge on any atom is -0.452 e. The van der Waals surface area contributed by atoms with E-state index >= 15 is 0 Å². The van der Waals surface area contributed by atoms with Crippen molar-refractivity contribution < 1.29 is 14.3 Å². The molecule has 7 heteroatoms. The normalized spacial score (nSPS) is 10.4. The number of thiocyanates is 1. The van der Waals surface area contributed by atoms with E-state index in [1.165, 1.54) is 0 Å². The number of aromatic nitrogens is 1. The topological polar surface area (TPSA) is 95.0 Å². The summed E-state index contributed by atoms with van der Waals surface area (Å²) in [6.45, 7) is 3.32. The Kier molecular flexibility index (Phi) is 5.48. The number of para-hydroxylation sites is 1. The Balaban J connectivity index is 1.65. The number of ether oxygens (including phenoxy) is 1. The summed E-state index contributed by atoms with van der Waals surface area (Å²) in [5, 5.41) is 14.3. The molecule has 0 bridgehead atoms. The van der Waals surface area contributed by atoms with Crippen LogP contribution in [0.1, 0.15) is 21.5 Å². The zero-order chi connectivity index (χ0) is 19.4. The maximum Gasteiger partial charge on any atom is 0.340 e. The predicted molar refractivity (Wildman–Crippen MR) is 105 cm³/mol. The smallest absolute Gasteiger partial charge is 0.340 e. The van der Waals surface area contributed by atoms with Crippen LogP contribution in [0, 0.1) is 24.5 Å². The number of nitrogens with one attached hydrogen (secondary N) is 2. The standard InChI is InChI=1S/C20H17N3O3S/c1-12-7-14(27-11-21)8-13(2)19(12)23-18(24)10-26-20(25)16-9-22-17-6-4-3-5-15(16)17/h3-9,22H,10H2,1-2H3,(H,23,24). The molecule has 0 saturated heterocycles. The molecule has 3 rings (SSSR count). The van der Waals surface area contributed by atoms with E-state index in [0.29, 0.717) is 11.3 Å². The first-order valence-corrected chi connectivity index (χ1v) is 9.01. The molecule has 0 aliphatic heterocycles. The van der Waals surface area contributed by atoms with Crippen LogP contribution in [0.3, 0.4) is 0 Å². The number of hydrogen-bond acceptors (Lipinski definition) is 5. The van der Waals surface area contributed by atoms with Crippen molar-refractivity contribution in [2.24, 2.45) is 0 Å². The number of esters is 1. The molecular formula is C20H17N3O3S. The first-order valence-electron chi connectivity index (χ1n) is 8.20. The molecule has 136 valence electrons. The van der Waals surface area contributed by atoms with Crippen molar-refractivity contribution in [3.8, 4) is 5.40 Å². The van der Waals surface area contributed by atoms with Gasteiger partial charge in [-0.25, -0.2) is 4.79 Å². The van der Waals surface area contributed by atoms with Crippen molar-refractivity contribution in [1.82, 2.24) is 4.98 Å². The number of rotatable bonds is 5. The van der Waals surface area contributed by atoms with Gasteiger partial charge in [-0.3, -0.25) is 4.79 Å². The van der Waals surface area contributed by atoms with Crippen LogP contribution < -0.4 is 5.32 Å². The Morgan fingerprint density at radius 1 is 1.22 bits per heavy atom. The van der Waals surface area contributed by atoms with Crippen LogP contribution in [-0.4, -0.2) is 23.5 Å². The molecule has 0 radical (unpaired) electrons. The maximum atomic E-state index is 12.3. The number of amides is 1. The molecule has 0 saturated carbocycles. The van der Waals surface area contributed by atoms with Gasteiger partial charge in [0.05, 0.1) is 5.56 Å². The van der Waals surface area contributed by atoms with Gasteiger partial charge < -0.3 is 15.0 Å². The van der Waals surface area contributed by atoms with Crippen LogP contribution in [-0.2, 0) is 9.53 Å². The van der Waals surface area contributed by atoms with E-state index in [-0.39, 0.29) is 6.61 Å². The van der Waals surface area contributed by atoms with Gasteiger partial charge in [0.25, 0.3) is 5.91 Å². The van der Waals surface area contributed by atoms with E-state index in [1.807, 2.05) is 55.6 Å². The highest BCUT2D eigenvalue weighted by Crippen LogP contribution is 2.27. The molecule has 0 unspecified atom stereocenters. The number of anilines is 1. The number of thioether (sulfide) groups is 1. The zero-order valence-electron chi connectivity index (χ0n) is 14.8. The molecule has 0 atom stereocenters. The Hall–Kier alpha value is -3.24. The summed E-state index contributed by atoms with van der Waals surface area (Å²) in [5.41, 5.74) is 3.55. The summed E-state index contributed by atoms with van der Waals surface area (Å²) in [6, 6.07) is 11.0. The van der Waals surface area contributed by atoms with Crippen molar-refractivity contribution in [2.45, 2.75) is 18.7 Å². The van der Waals surface area contributed by atoms with E-state index in [9.17, 15) is 9.59 Å². The summed E-state index contributed by atoms with van der Waals surface area (Å²) >= 11 is 1.07. The molecule has 1 aromatic heterocycles. The van der Waals surface area contributed by atoms with Crippen molar-refractivity contribution in [3.05, 3.63) is 59.3 Å². The Labute approximate surface area is 160 Å². The van der Waals surface area contributed by atoms with Crippen LogP contribution in [0.15, 0.2) is 47.5 Å². The van der Waals surface area contributed by atoms with Crippen molar-refractivity contribution >= 4 is 40.2 Å². The molecule has 1 heterocycles. The van der Waals surface area contributed by atoms with Gasteiger partial charge >= 0.3 is 5.97 Å². The molecule has 27 heavy (non-hydrogen) atoms. The van der Waals surface area contributed by atoms with E-state index in [2.05, 4.69) is 10.3 Å². The largest absolute Gasteiger partial charge is 0.452 e. The molecule has 2 N–H and O–H groups in total. The second-order valence-electron chi connectivity index (χ2n) is 6.00. The number of nitrogens with zero attached hydrogens (tertiary/aromatic N) is 1. The predicted octanol–water partition coefficient (Wildman–Crippen LogP) is 4.15. The number of nitriles is 1. The summed E-state index contributed by atoms with van der Waals surface area (Å²) in [4.78, 5) is 28.3. The van der Waals surface area contributed by atoms with Crippen molar-refractivity contribution in [2.75, 3.05) is 11.9 Å². The summed E-state index contributed by atoms with van der Waals surface area (Å²) in [5.74, 6) is -0.980.